The van der Waals surface area contributed by atoms with Crippen LogP contribution in [-0.2, 0) is 0 Å². The number of hydrogen-bond donors (Lipinski definition) is 6. The summed E-state index contributed by atoms with van der Waals surface area (Å²) >= 11 is 0. The highest BCUT2D eigenvalue weighted by molar-refractivity contribution is 5.27. The molecule has 0 aromatic carbocycles. The lowest BCUT2D eigenvalue weighted by Crippen LogP contribution is -2.55. The van der Waals surface area contributed by atoms with Crippen LogP contribution in [0.15, 0.2) is 11.6 Å². The Balaban J connectivity index is 0.000000145. The molecular formula is C81H142O6. The molecule has 12 rings (SSSR count). The average Bonchev–Trinajstić information content (AvgIpc) is 1.73. The Labute approximate surface area is 536 Å². The Hall–Kier alpha value is -0.500. The van der Waals surface area contributed by atoms with Crippen molar-refractivity contribution in [3.63, 3.8) is 0 Å². The van der Waals surface area contributed by atoms with E-state index in [0.717, 1.165) is 171 Å². The van der Waals surface area contributed by atoms with Crippen LogP contribution in [0.3, 0.4) is 0 Å². The number of hydrogen-bond acceptors (Lipinski definition) is 6. The maximum absolute atomic E-state index is 11.0. The molecule has 0 radical (unpaired) electrons. The van der Waals surface area contributed by atoms with Crippen LogP contribution in [0, 0.1) is 134 Å². The van der Waals surface area contributed by atoms with E-state index >= 15 is 0 Å². The molecule has 12 aliphatic carbocycles. The minimum atomic E-state index is -0.536. The minimum absolute atomic E-state index is 0.330. The summed E-state index contributed by atoms with van der Waals surface area (Å²) < 4.78 is 0. The fourth-order valence-corrected chi connectivity index (χ4v) is 26.8. The van der Waals surface area contributed by atoms with E-state index in [1.165, 1.54) is 141 Å². The molecule has 12 aliphatic rings. The predicted octanol–water partition coefficient (Wildman–Crippen LogP) is 19.7. The molecule has 0 amide bonds. The maximum atomic E-state index is 11.0. The van der Waals surface area contributed by atoms with Gasteiger partial charge in [0.2, 0.25) is 0 Å². The summed E-state index contributed by atoms with van der Waals surface area (Å²) in [5, 5.41) is 62.9. The van der Waals surface area contributed by atoms with E-state index in [0.29, 0.717) is 33.0 Å². The Kier molecular flexibility index (Phi) is 19.9. The second-order valence-corrected chi connectivity index (χ2v) is 39.2. The van der Waals surface area contributed by atoms with Crippen LogP contribution in [-0.4, -0.2) is 64.2 Å². The molecule has 6 nitrogen and oxygen atoms in total. The number of fused-ring (bicyclic) bond motifs is 15. The van der Waals surface area contributed by atoms with E-state index in [1.807, 2.05) is 41.5 Å². The van der Waals surface area contributed by atoms with Gasteiger partial charge in [-0.3, -0.25) is 0 Å². The van der Waals surface area contributed by atoms with Crippen molar-refractivity contribution < 1.29 is 30.6 Å². The van der Waals surface area contributed by atoms with Crippen LogP contribution in [0.25, 0.3) is 0 Å². The van der Waals surface area contributed by atoms with E-state index in [9.17, 15) is 30.6 Å². The van der Waals surface area contributed by atoms with Gasteiger partial charge in [-0.25, -0.2) is 0 Å². The quantitative estimate of drug-likeness (QED) is 0.102. The van der Waals surface area contributed by atoms with E-state index in [4.69, 9.17) is 0 Å². The second kappa shape index (κ2) is 24.9. The molecule has 0 bridgehead atoms. The summed E-state index contributed by atoms with van der Waals surface area (Å²) in [4.78, 5) is 0. The van der Waals surface area contributed by atoms with E-state index in [1.54, 1.807) is 5.57 Å². The lowest BCUT2D eigenvalue weighted by Gasteiger charge is -2.62. The van der Waals surface area contributed by atoms with Crippen molar-refractivity contribution in [2.45, 2.75) is 363 Å². The molecule has 502 valence electrons. The first kappa shape index (κ1) is 69.3. The van der Waals surface area contributed by atoms with Crippen LogP contribution in [0.1, 0.15) is 330 Å². The van der Waals surface area contributed by atoms with Gasteiger partial charge in [0.1, 0.15) is 0 Å². The fraction of sp³-hybridized carbons (Fsp3) is 0.975. The van der Waals surface area contributed by atoms with E-state index in [-0.39, 0.29) is 0 Å². The summed E-state index contributed by atoms with van der Waals surface area (Å²) in [6, 6.07) is 0. The van der Waals surface area contributed by atoms with Gasteiger partial charge in [0.15, 0.2) is 0 Å². The van der Waals surface area contributed by atoms with Crippen LogP contribution in [0.5, 0.6) is 0 Å². The van der Waals surface area contributed by atoms with Gasteiger partial charge in [0, 0.05) is 0 Å². The topological polar surface area (TPSA) is 121 Å². The number of rotatable bonds is 13. The largest absolute Gasteiger partial charge is 0.390 e. The zero-order chi connectivity index (χ0) is 63.5. The smallest absolute Gasteiger partial charge is 0.0682 e. The first-order valence-electron chi connectivity index (χ1n) is 38.3. The molecule has 87 heavy (non-hydrogen) atoms. The zero-order valence-corrected chi connectivity index (χ0v) is 60.0. The molecule has 6 N–H and O–H groups in total. The van der Waals surface area contributed by atoms with Gasteiger partial charge in [-0.05, 0) is 401 Å². The van der Waals surface area contributed by atoms with Crippen molar-refractivity contribution in [1.29, 1.82) is 0 Å². The molecule has 0 aromatic heterocycles. The van der Waals surface area contributed by atoms with Crippen LogP contribution in [0.4, 0.5) is 0 Å². The highest BCUT2D eigenvalue weighted by Crippen LogP contribution is 2.72. The molecule has 26 atom stereocenters. The molecule has 11 fully saturated rings. The number of allylic oxidation sites excluding steroid dienone is 1. The third kappa shape index (κ3) is 13.8. The van der Waals surface area contributed by atoms with Gasteiger partial charge < -0.3 is 30.6 Å². The van der Waals surface area contributed by atoms with Crippen molar-refractivity contribution in [2.24, 2.45) is 134 Å². The van der Waals surface area contributed by atoms with Gasteiger partial charge >= 0.3 is 0 Å². The van der Waals surface area contributed by atoms with Crippen molar-refractivity contribution in [2.75, 3.05) is 0 Å². The molecule has 0 aliphatic heterocycles. The van der Waals surface area contributed by atoms with E-state index < -0.39 is 33.6 Å². The van der Waals surface area contributed by atoms with Gasteiger partial charge in [-0.1, -0.05) is 74.0 Å². The second-order valence-electron chi connectivity index (χ2n) is 39.2. The lowest BCUT2D eigenvalue weighted by atomic mass is 9.43. The molecular weight excluding hydrogens is 1070 g/mol. The molecule has 0 aromatic rings. The number of aliphatic hydroxyl groups is 6. The summed E-state index contributed by atoms with van der Waals surface area (Å²) in [7, 11) is 0. The summed E-state index contributed by atoms with van der Waals surface area (Å²) in [6.07, 6.45) is 43.2. The fourth-order valence-electron chi connectivity index (χ4n) is 26.8. The highest BCUT2D eigenvalue weighted by atomic mass is 16.3. The summed E-state index contributed by atoms with van der Waals surface area (Å²) in [6.45, 7) is 38.5. The molecule has 9 unspecified atom stereocenters. The normalized spacial score (nSPS) is 49.3. The van der Waals surface area contributed by atoms with Gasteiger partial charge in [0.25, 0.3) is 0 Å². The average molecular weight is 1210 g/mol. The Morgan fingerprint density at radius 2 is 0.874 bits per heavy atom. The Bertz CT molecular complexity index is 2350. The van der Waals surface area contributed by atoms with Crippen molar-refractivity contribution in [3.8, 4) is 0 Å². The predicted molar refractivity (Wildman–Crippen MR) is 362 cm³/mol. The van der Waals surface area contributed by atoms with Crippen molar-refractivity contribution in [1.82, 2.24) is 0 Å². The third-order valence-electron chi connectivity index (χ3n) is 32.0. The minimum Gasteiger partial charge on any atom is -0.390 e. The van der Waals surface area contributed by atoms with E-state index in [2.05, 4.69) is 82.2 Å². The van der Waals surface area contributed by atoms with Crippen LogP contribution in [0.2, 0.25) is 0 Å². The Morgan fingerprint density at radius 1 is 0.425 bits per heavy atom. The third-order valence-corrected chi connectivity index (χ3v) is 32.0. The monoisotopic (exact) mass is 1210 g/mol. The molecule has 0 saturated heterocycles. The highest BCUT2D eigenvalue weighted by Gasteiger charge is 2.64. The summed E-state index contributed by atoms with van der Waals surface area (Å²) in [5.74, 6) is 15.2. The van der Waals surface area contributed by atoms with Gasteiger partial charge in [0.05, 0.1) is 33.6 Å². The zero-order valence-electron chi connectivity index (χ0n) is 60.0. The summed E-state index contributed by atoms with van der Waals surface area (Å²) in [5.41, 5.74) is 1.08. The van der Waals surface area contributed by atoms with Gasteiger partial charge in [-0.2, -0.15) is 0 Å². The maximum Gasteiger partial charge on any atom is 0.0682 e. The van der Waals surface area contributed by atoms with Crippen molar-refractivity contribution in [3.05, 3.63) is 11.6 Å². The van der Waals surface area contributed by atoms with Crippen molar-refractivity contribution >= 4 is 0 Å². The first-order chi connectivity index (χ1) is 40.3. The van der Waals surface area contributed by atoms with Gasteiger partial charge in [-0.15, -0.1) is 0 Å². The molecule has 0 heterocycles. The lowest BCUT2D eigenvalue weighted by molar-refractivity contribution is -0.148. The molecule has 11 saturated carbocycles. The van der Waals surface area contributed by atoms with Crippen LogP contribution >= 0.6 is 0 Å². The SMILES string of the molecule is CC[C@@]1(O)CC[C@@]2(C)C(=CCC3C2CC[C@@]2(C)C3CC[C@@H]2[C@H](C)CCC(C)(C)O)C1.C[C@H](CCC(C)(C)O)[C@H]1CCC2C3CC[C@@H]4C[C@](C)(O)CC[C@@H]4C3CC[C@@]21C.C[C@H](CCC(C)(C)O)[C@H]1CCC2C3CC[C@@H]4C[C@](C)(O)CC[C@]4(C)C3CC[C@@]21C. The standard InChI is InChI=1S/C28H48O2.C27H48O2.C26H46O2/c1-7-28(30)17-16-26(5)20(18-28)8-9-21-23-11-10-22(19(2)12-14-25(3,4)29)27(23,6)15-13-24(21)26;1-18(11-13-24(2,3)28)21-9-10-22-20-8-7-19-17-25(4,29)15-16-26(19,5)23(20)12-14-27(21,22)6;1-17(10-13-24(2,3)27)22-8-9-23-21-7-6-18-16-25(4,28)14-11-19(18)20(21)12-15-26(22,23)5/h8,19,21-24,29-30H,7,9-18H2,1-6H3;18-23,28-29H,7-17H2,1-6H3;17-23,27-28H,6-16H2,1-5H3/t19-,21?,22-,23?,24?,26+,27-,28-;18-,19-,20?,21-,22?,23?,25-,26+,27-;17-,18-,19+,20?,21?,22-,23?,25-,26-/m111/s1. The first-order valence-corrected chi connectivity index (χ1v) is 38.3. The molecule has 0 spiro atoms. The van der Waals surface area contributed by atoms with Crippen LogP contribution < -0.4 is 0 Å². The molecule has 6 heteroatoms. The Morgan fingerprint density at radius 3 is 1.39 bits per heavy atom.